The summed E-state index contributed by atoms with van der Waals surface area (Å²) in [6, 6.07) is 27.9. The van der Waals surface area contributed by atoms with Crippen molar-refractivity contribution >= 4 is 16.3 Å². The summed E-state index contributed by atoms with van der Waals surface area (Å²) >= 11 is 0. The average Bonchev–Trinajstić information content (AvgIpc) is 4.07. The summed E-state index contributed by atoms with van der Waals surface area (Å²) in [4.78, 5) is 56.4. The highest BCUT2D eigenvalue weighted by Crippen LogP contribution is 2.57. The second kappa shape index (κ2) is 25.3. The van der Waals surface area contributed by atoms with Crippen molar-refractivity contribution in [2.45, 2.75) is 121 Å². The minimum absolute atomic E-state index is 0.0238. The Labute approximate surface area is 441 Å². The molecule has 9 atom stereocenters. The molecule has 23 heteroatoms. The van der Waals surface area contributed by atoms with Crippen molar-refractivity contribution in [2.24, 2.45) is 5.92 Å². The standard InChI is InChI=1S/C53H66N6O15P2/c1-34(2)59(35(3)4)75(68-28-13-26-54)73-43-30-47(58-31-36(5)49(61)56-52(58)63)71-44(43)33-70-76(64)69-29-12-11-16-42-48(74-76)45(72-50(42)57-27-25-46(60)55-51(57)62)32-67-53(37-14-9-8-10-15-37,38-17-21-40(65-6)22-18-38)39-19-23-41(66-7)24-20-39/h8-10,14-15,17-25,27,31,34-35,42-45,47-48,50H,11-13,16,28-30,32-33H2,1-7H3,(H,55,60,62)(H,56,61,63)/t42-,43+,44-,45-,47-,48+,50-,75?,76+/m1/s1. The van der Waals surface area contributed by atoms with Crippen molar-refractivity contribution in [1.82, 2.24) is 23.8 Å². The normalized spacial score (nSPS) is 24.4. The summed E-state index contributed by atoms with van der Waals surface area (Å²) in [6.07, 6.45) is -1.75. The molecule has 76 heavy (non-hydrogen) atoms. The Balaban J connectivity index is 1.16. The Morgan fingerprint density at radius 3 is 2.09 bits per heavy atom. The van der Waals surface area contributed by atoms with Crippen molar-refractivity contribution < 1.29 is 50.9 Å². The summed E-state index contributed by atoms with van der Waals surface area (Å²) in [5.74, 6) is 0.580. The minimum Gasteiger partial charge on any atom is -0.497 e. The molecule has 3 fully saturated rings. The van der Waals surface area contributed by atoms with E-state index in [9.17, 15) is 24.4 Å². The van der Waals surface area contributed by atoms with Crippen LogP contribution in [-0.2, 0) is 47.0 Å². The van der Waals surface area contributed by atoms with Crippen LogP contribution in [0.5, 0.6) is 11.5 Å². The minimum atomic E-state index is -4.65. The van der Waals surface area contributed by atoms with Gasteiger partial charge in [0.2, 0.25) is 0 Å². The van der Waals surface area contributed by atoms with Crippen molar-refractivity contribution in [3.63, 3.8) is 0 Å². The molecule has 21 nitrogen and oxygen atoms in total. The third kappa shape index (κ3) is 12.7. The molecule has 0 aliphatic carbocycles. The highest BCUT2D eigenvalue weighted by molar-refractivity contribution is 7.48. The van der Waals surface area contributed by atoms with Gasteiger partial charge in [0.25, 0.3) is 19.6 Å². The molecule has 0 radical (unpaired) electrons. The Morgan fingerprint density at radius 2 is 1.47 bits per heavy atom. The number of hydrogen-bond donors (Lipinski definition) is 2. The first kappa shape index (κ1) is 56.6. The average molecular weight is 1090 g/mol. The maximum atomic E-state index is 15.5. The van der Waals surface area contributed by atoms with E-state index in [1.54, 1.807) is 21.1 Å². The Morgan fingerprint density at radius 1 is 0.829 bits per heavy atom. The molecule has 2 aromatic heterocycles. The number of aromatic amines is 2. The highest BCUT2D eigenvalue weighted by Gasteiger charge is 2.53. The number of rotatable bonds is 21. The zero-order valence-electron chi connectivity index (χ0n) is 43.6. The van der Waals surface area contributed by atoms with Crippen LogP contribution in [0.4, 0.5) is 0 Å². The lowest BCUT2D eigenvalue weighted by Crippen LogP contribution is -2.39. The maximum absolute atomic E-state index is 15.5. The fraction of sp³-hybridized carbons (Fsp3) is 0.491. The Hall–Kier alpha value is -5.59. The van der Waals surface area contributed by atoms with Crippen LogP contribution < -0.4 is 32.0 Å². The molecule has 0 saturated carbocycles. The molecule has 0 amide bonds. The monoisotopic (exact) mass is 1090 g/mol. The van der Waals surface area contributed by atoms with Crippen LogP contribution in [0.15, 0.2) is 117 Å². The number of fused-ring (bicyclic) bond motifs is 1. The van der Waals surface area contributed by atoms with E-state index in [4.69, 9.17) is 46.3 Å². The van der Waals surface area contributed by atoms with Crippen LogP contribution in [0.25, 0.3) is 0 Å². The van der Waals surface area contributed by atoms with Gasteiger partial charge >= 0.3 is 19.2 Å². The van der Waals surface area contributed by atoms with Crippen LogP contribution in [0, 0.1) is 24.2 Å². The zero-order chi connectivity index (χ0) is 54.1. The first-order valence-electron chi connectivity index (χ1n) is 25.3. The van der Waals surface area contributed by atoms with Crippen LogP contribution in [0.3, 0.4) is 0 Å². The molecule has 408 valence electrons. The van der Waals surface area contributed by atoms with Crippen molar-refractivity contribution in [3.8, 4) is 17.6 Å². The van der Waals surface area contributed by atoms with Crippen molar-refractivity contribution in [2.75, 3.05) is 40.6 Å². The number of phosphoric acid groups is 1. The predicted octanol–water partition coefficient (Wildman–Crippen LogP) is 7.59. The molecule has 0 bridgehead atoms. The summed E-state index contributed by atoms with van der Waals surface area (Å²) in [6.45, 7) is 8.97. The molecule has 2 N–H and O–H groups in total. The maximum Gasteiger partial charge on any atom is 0.475 e. The van der Waals surface area contributed by atoms with Gasteiger partial charge in [0.1, 0.15) is 47.9 Å². The summed E-state index contributed by atoms with van der Waals surface area (Å²) in [5, 5.41) is 9.40. The van der Waals surface area contributed by atoms with E-state index in [0.29, 0.717) is 30.8 Å². The van der Waals surface area contributed by atoms with E-state index in [1.807, 2.05) is 111 Å². The van der Waals surface area contributed by atoms with Gasteiger partial charge in [0.15, 0.2) is 0 Å². The number of hydrogen-bond acceptors (Lipinski definition) is 17. The van der Waals surface area contributed by atoms with Crippen molar-refractivity contribution in [3.05, 3.63) is 161 Å². The van der Waals surface area contributed by atoms with Gasteiger partial charge in [-0.3, -0.25) is 42.3 Å². The molecule has 0 spiro atoms. The molecule has 5 heterocycles. The highest BCUT2D eigenvalue weighted by atomic mass is 31.2. The first-order chi connectivity index (χ1) is 36.6. The van der Waals surface area contributed by atoms with E-state index in [1.165, 1.54) is 27.6 Å². The van der Waals surface area contributed by atoms with Gasteiger partial charge in [0.05, 0.1) is 59.2 Å². The lowest BCUT2D eigenvalue weighted by Gasteiger charge is -2.37. The van der Waals surface area contributed by atoms with Crippen LogP contribution in [0.2, 0.25) is 0 Å². The third-order valence-corrected chi connectivity index (χ3v) is 17.2. The topological polar surface area (TPSA) is 246 Å². The molecule has 5 aromatic rings. The van der Waals surface area contributed by atoms with Crippen LogP contribution in [-0.4, -0.2) is 101 Å². The third-order valence-electron chi connectivity index (χ3n) is 13.6. The van der Waals surface area contributed by atoms with Crippen LogP contribution in [0.1, 0.15) is 94.5 Å². The van der Waals surface area contributed by atoms with Crippen LogP contribution >= 0.6 is 16.3 Å². The fourth-order valence-electron chi connectivity index (χ4n) is 9.98. The number of ether oxygens (including phenoxy) is 5. The van der Waals surface area contributed by atoms with E-state index >= 15 is 4.57 Å². The molecule has 3 aliphatic rings. The first-order valence-corrected chi connectivity index (χ1v) is 27.9. The summed E-state index contributed by atoms with van der Waals surface area (Å²) < 4.78 is 84.1. The number of aryl methyl sites for hydroxylation is 1. The van der Waals surface area contributed by atoms with Gasteiger partial charge in [-0.15, -0.1) is 0 Å². The number of nitrogens with one attached hydrogen (secondary N) is 2. The van der Waals surface area contributed by atoms with E-state index < -0.39 is 93.8 Å². The quantitative estimate of drug-likeness (QED) is 0.0408. The second-order valence-corrected chi connectivity index (χ2v) is 22.3. The molecule has 3 aromatic carbocycles. The molecular formula is C53H66N6O15P2. The lowest BCUT2D eigenvalue weighted by molar-refractivity contribution is -0.0965. The molecule has 8 rings (SSSR count). The SMILES string of the molecule is COc1ccc(C(OC[C@H]2O[C@@H](n3ccc(=O)[nH]c3=O)[C@@H]3CCCCO[P@@](=O)(OC[C@H]4O[C@@H](n5cc(C)c(=O)[nH]c5=O)C[C@@H]4OP(OCCC#N)N(C(C)C)C(C)C)O[C@@H]32)(c2ccccc2)c2ccc(OC)cc2)cc1. The molecule has 1 unspecified atom stereocenters. The summed E-state index contributed by atoms with van der Waals surface area (Å²) in [5.41, 5.74) is -1.39. The van der Waals surface area contributed by atoms with Gasteiger partial charge in [0, 0.05) is 48.4 Å². The van der Waals surface area contributed by atoms with E-state index in [-0.39, 0.29) is 50.3 Å². The van der Waals surface area contributed by atoms with Gasteiger partial charge in [-0.25, -0.2) is 18.8 Å². The van der Waals surface area contributed by atoms with Gasteiger partial charge in [-0.1, -0.05) is 61.0 Å². The number of aromatic nitrogens is 4. The molecular weight excluding hydrogens is 1020 g/mol. The smallest absolute Gasteiger partial charge is 0.475 e. The van der Waals surface area contributed by atoms with Gasteiger partial charge < -0.3 is 32.7 Å². The van der Waals surface area contributed by atoms with Gasteiger partial charge in [-0.05, 0) is 88.4 Å². The zero-order valence-corrected chi connectivity index (χ0v) is 45.4. The fourth-order valence-corrected chi connectivity index (χ4v) is 13.2. The number of nitrogens with zero attached hydrogens (tertiary/aromatic N) is 4. The molecule has 3 aliphatic heterocycles. The lowest BCUT2D eigenvalue weighted by atomic mass is 9.80. The Bertz CT molecular complexity index is 3000. The number of nitriles is 1. The van der Waals surface area contributed by atoms with E-state index in [0.717, 1.165) is 16.7 Å². The largest absolute Gasteiger partial charge is 0.497 e. The number of H-pyrrole nitrogens is 2. The number of benzene rings is 3. The summed E-state index contributed by atoms with van der Waals surface area (Å²) in [7, 11) is -3.32. The van der Waals surface area contributed by atoms with E-state index in [2.05, 4.69) is 16.0 Å². The number of methoxy groups -OCH3 is 2. The molecule has 3 saturated heterocycles. The van der Waals surface area contributed by atoms with Gasteiger partial charge in [-0.2, -0.15) is 5.26 Å². The second-order valence-electron chi connectivity index (χ2n) is 19.2. The Kier molecular flexibility index (Phi) is 18.8. The van der Waals surface area contributed by atoms with Crippen molar-refractivity contribution in [1.29, 1.82) is 5.26 Å². The number of phosphoric ester groups is 1. The predicted molar refractivity (Wildman–Crippen MR) is 280 cm³/mol.